The van der Waals surface area contributed by atoms with Crippen LogP contribution in [0.1, 0.15) is 30.6 Å². The van der Waals surface area contributed by atoms with Crippen molar-refractivity contribution in [1.29, 1.82) is 0 Å². The van der Waals surface area contributed by atoms with Gasteiger partial charge in [0.05, 0.1) is 29.3 Å². The molecule has 1 unspecified atom stereocenters. The molecule has 3 amide bonds. The average molecular weight is 418 g/mol. The van der Waals surface area contributed by atoms with Crippen LogP contribution in [0.25, 0.3) is 0 Å². The first-order chi connectivity index (χ1) is 13.8. The van der Waals surface area contributed by atoms with Crippen molar-refractivity contribution in [3.8, 4) is 5.75 Å². The Labute approximate surface area is 174 Å². The number of rotatable bonds is 9. The largest absolute Gasteiger partial charge is 0.491 e. The summed E-state index contributed by atoms with van der Waals surface area (Å²) in [4.78, 5) is 36.3. The molecule has 0 fully saturated rings. The summed E-state index contributed by atoms with van der Waals surface area (Å²) in [5.74, 6) is -1.08. The highest BCUT2D eigenvalue weighted by Gasteiger charge is 2.26. The molecular formula is C21H24ClN3O4. The molecule has 0 saturated carbocycles. The first-order valence-corrected chi connectivity index (χ1v) is 9.53. The lowest BCUT2D eigenvalue weighted by Gasteiger charge is -2.22. The van der Waals surface area contributed by atoms with Gasteiger partial charge >= 0.3 is 0 Å². The molecule has 1 atom stereocenters. The number of hydrogen-bond donors (Lipinski definition) is 3. The first-order valence-electron chi connectivity index (χ1n) is 9.16. The van der Waals surface area contributed by atoms with Crippen LogP contribution in [-0.2, 0) is 9.59 Å². The van der Waals surface area contributed by atoms with E-state index in [1.165, 1.54) is 0 Å². The zero-order valence-corrected chi connectivity index (χ0v) is 17.0. The number of para-hydroxylation sites is 2. The number of carbonyl (C=O) groups is 3. The predicted octanol–water partition coefficient (Wildman–Crippen LogP) is 2.99. The predicted molar refractivity (Wildman–Crippen MR) is 112 cm³/mol. The molecule has 4 N–H and O–H groups in total. The van der Waals surface area contributed by atoms with Crippen LogP contribution in [-0.4, -0.2) is 30.4 Å². The number of anilines is 1. The fraction of sp³-hybridized carbons (Fsp3) is 0.286. The third kappa shape index (κ3) is 6.50. The molecule has 0 spiro atoms. The summed E-state index contributed by atoms with van der Waals surface area (Å²) in [6.45, 7) is 3.75. The van der Waals surface area contributed by atoms with Gasteiger partial charge < -0.3 is 21.1 Å². The summed E-state index contributed by atoms with van der Waals surface area (Å²) in [6.07, 6.45) is 0.0603. The summed E-state index contributed by atoms with van der Waals surface area (Å²) in [5.41, 5.74) is 5.84. The molecule has 0 aliphatic heterocycles. The monoisotopic (exact) mass is 417 g/mol. The Morgan fingerprint density at radius 1 is 1.07 bits per heavy atom. The fourth-order valence-corrected chi connectivity index (χ4v) is 2.79. The Hall–Kier alpha value is -3.06. The maximum absolute atomic E-state index is 12.9. The third-order valence-electron chi connectivity index (χ3n) is 4.11. The van der Waals surface area contributed by atoms with Gasteiger partial charge in [-0.05, 0) is 30.2 Å². The van der Waals surface area contributed by atoms with Gasteiger partial charge in [0, 0.05) is 0 Å². The molecular weight excluding hydrogens is 394 g/mol. The summed E-state index contributed by atoms with van der Waals surface area (Å²) in [7, 11) is 0. The highest BCUT2D eigenvalue weighted by atomic mass is 35.5. The number of halogens is 1. The van der Waals surface area contributed by atoms with Crippen LogP contribution in [0, 0.1) is 5.92 Å². The molecule has 2 aromatic carbocycles. The van der Waals surface area contributed by atoms with Crippen molar-refractivity contribution in [2.75, 3.05) is 11.9 Å². The maximum atomic E-state index is 12.9. The fourth-order valence-electron chi connectivity index (χ4n) is 2.57. The third-order valence-corrected chi connectivity index (χ3v) is 4.43. The van der Waals surface area contributed by atoms with E-state index >= 15 is 0 Å². The van der Waals surface area contributed by atoms with E-state index < -0.39 is 23.8 Å². The minimum absolute atomic E-state index is 0.0603. The van der Waals surface area contributed by atoms with E-state index in [0.29, 0.717) is 22.0 Å². The summed E-state index contributed by atoms with van der Waals surface area (Å²) in [6, 6.07) is 12.7. The van der Waals surface area contributed by atoms with E-state index in [4.69, 9.17) is 22.1 Å². The van der Waals surface area contributed by atoms with E-state index in [-0.39, 0.29) is 18.9 Å². The van der Waals surface area contributed by atoms with Crippen LogP contribution in [0.5, 0.6) is 5.75 Å². The molecule has 29 heavy (non-hydrogen) atoms. The lowest BCUT2D eigenvalue weighted by atomic mass is 10.0. The molecule has 0 aromatic heterocycles. The van der Waals surface area contributed by atoms with Gasteiger partial charge in [0.2, 0.25) is 11.8 Å². The van der Waals surface area contributed by atoms with Crippen LogP contribution in [0.3, 0.4) is 0 Å². The quantitative estimate of drug-likeness (QED) is 0.582. The van der Waals surface area contributed by atoms with Crippen LogP contribution < -0.4 is 21.1 Å². The molecule has 2 rings (SSSR count). The topological polar surface area (TPSA) is 111 Å². The highest BCUT2D eigenvalue weighted by molar-refractivity contribution is 6.33. The average Bonchev–Trinajstić information content (AvgIpc) is 2.67. The molecule has 0 radical (unpaired) electrons. The molecule has 7 nitrogen and oxygen atoms in total. The van der Waals surface area contributed by atoms with Crippen molar-refractivity contribution in [2.24, 2.45) is 11.7 Å². The Balaban J connectivity index is 2.11. The second kappa shape index (κ2) is 10.5. The number of nitrogens with two attached hydrogens (primary N) is 1. The number of carbonyl (C=O) groups excluding carboxylic acids is 3. The molecule has 0 heterocycles. The molecule has 0 saturated heterocycles. The van der Waals surface area contributed by atoms with Gasteiger partial charge in [0.15, 0.2) is 0 Å². The highest BCUT2D eigenvalue weighted by Crippen LogP contribution is 2.24. The van der Waals surface area contributed by atoms with Crippen molar-refractivity contribution in [2.45, 2.75) is 26.3 Å². The van der Waals surface area contributed by atoms with E-state index in [1.54, 1.807) is 48.5 Å². The van der Waals surface area contributed by atoms with Crippen molar-refractivity contribution < 1.29 is 19.1 Å². The number of ether oxygens (including phenoxy) is 1. The lowest BCUT2D eigenvalue weighted by Crippen LogP contribution is -2.47. The van der Waals surface area contributed by atoms with E-state index in [2.05, 4.69) is 10.6 Å². The molecule has 0 aliphatic rings. The SMILES string of the molecule is CC(C)C(NC(=O)c1ccccc1Cl)C(=O)Nc1ccccc1OCCC(N)=O. The number of hydrogen-bond acceptors (Lipinski definition) is 4. The maximum Gasteiger partial charge on any atom is 0.253 e. The van der Waals surface area contributed by atoms with Gasteiger partial charge in [-0.25, -0.2) is 0 Å². The van der Waals surface area contributed by atoms with Crippen molar-refractivity contribution in [3.63, 3.8) is 0 Å². The van der Waals surface area contributed by atoms with Gasteiger partial charge in [-0.3, -0.25) is 14.4 Å². The molecule has 0 aliphatic carbocycles. The lowest BCUT2D eigenvalue weighted by molar-refractivity contribution is -0.119. The Kier molecular flexibility index (Phi) is 8.03. The van der Waals surface area contributed by atoms with Crippen molar-refractivity contribution >= 4 is 35.0 Å². The van der Waals surface area contributed by atoms with Crippen molar-refractivity contribution in [3.05, 3.63) is 59.1 Å². The van der Waals surface area contributed by atoms with Gasteiger partial charge in [-0.2, -0.15) is 0 Å². The zero-order valence-electron chi connectivity index (χ0n) is 16.3. The Morgan fingerprint density at radius 2 is 1.72 bits per heavy atom. The van der Waals surface area contributed by atoms with E-state index in [1.807, 2.05) is 13.8 Å². The van der Waals surface area contributed by atoms with Crippen LogP contribution >= 0.6 is 11.6 Å². The molecule has 0 bridgehead atoms. The number of primary amides is 1. The van der Waals surface area contributed by atoms with E-state index in [0.717, 1.165) is 0 Å². The van der Waals surface area contributed by atoms with Gasteiger partial charge in [-0.1, -0.05) is 49.7 Å². The molecule has 2 aromatic rings. The number of amides is 3. The van der Waals surface area contributed by atoms with Crippen LogP contribution in [0.15, 0.2) is 48.5 Å². The Morgan fingerprint density at radius 3 is 2.38 bits per heavy atom. The normalized spacial score (nSPS) is 11.6. The number of nitrogens with one attached hydrogen (secondary N) is 2. The van der Waals surface area contributed by atoms with E-state index in [9.17, 15) is 14.4 Å². The van der Waals surface area contributed by atoms with Crippen molar-refractivity contribution in [1.82, 2.24) is 5.32 Å². The second-order valence-corrected chi connectivity index (χ2v) is 7.13. The van der Waals surface area contributed by atoms with Gasteiger partial charge in [0.25, 0.3) is 5.91 Å². The summed E-state index contributed by atoms with van der Waals surface area (Å²) >= 11 is 6.07. The molecule has 154 valence electrons. The Bertz CT molecular complexity index is 886. The van der Waals surface area contributed by atoms with Crippen LogP contribution in [0.4, 0.5) is 5.69 Å². The minimum atomic E-state index is -0.794. The smallest absolute Gasteiger partial charge is 0.253 e. The molecule has 8 heteroatoms. The number of benzene rings is 2. The summed E-state index contributed by atoms with van der Waals surface area (Å²) < 4.78 is 5.53. The van der Waals surface area contributed by atoms with Gasteiger partial charge in [0.1, 0.15) is 11.8 Å². The first kappa shape index (κ1) is 22.2. The summed E-state index contributed by atoms with van der Waals surface area (Å²) in [5, 5.41) is 5.81. The van der Waals surface area contributed by atoms with Gasteiger partial charge in [-0.15, -0.1) is 0 Å². The second-order valence-electron chi connectivity index (χ2n) is 6.73. The van der Waals surface area contributed by atoms with Crippen LogP contribution in [0.2, 0.25) is 5.02 Å². The standard InChI is InChI=1S/C21H24ClN3O4/c1-13(2)19(25-20(27)14-7-3-4-8-15(14)22)21(28)24-16-9-5-6-10-17(16)29-12-11-18(23)26/h3-10,13,19H,11-12H2,1-2H3,(H2,23,26)(H,24,28)(H,25,27). The minimum Gasteiger partial charge on any atom is -0.491 e. The zero-order chi connectivity index (χ0) is 21.4.